The number of alkyl halides is 3. The van der Waals surface area contributed by atoms with Crippen LogP contribution in [0.5, 0.6) is 0 Å². The first kappa shape index (κ1) is 14.5. The fourth-order valence-corrected chi connectivity index (χ4v) is 2.69. The van der Waals surface area contributed by atoms with Crippen LogP contribution in [0, 0.1) is 0 Å². The molecule has 0 spiro atoms. The predicted molar refractivity (Wildman–Crippen MR) is 77.3 cm³/mol. The van der Waals surface area contributed by atoms with Gasteiger partial charge in [0.25, 0.3) is 0 Å². The first-order valence-electron chi connectivity index (χ1n) is 6.45. The lowest BCUT2D eigenvalue weighted by atomic mass is 10.2. The lowest BCUT2D eigenvalue weighted by Crippen LogP contribution is -2.44. The van der Waals surface area contributed by atoms with Gasteiger partial charge in [-0.1, -0.05) is 15.9 Å². The van der Waals surface area contributed by atoms with Gasteiger partial charge >= 0.3 is 6.18 Å². The van der Waals surface area contributed by atoms with Crippen LogP contribution in [-0.4, -0.2) is 36.1 Å². The van der Waals surface area contributed by atoms with E-state index in [-0.39, 0.29) is 0 Å². The Morgan fingerprint density at radius 2 is 1.86 bits per heavy atom. The van der Waals surface area contributed by atoms with Crippen LogP contribution in [0.2, 0.25) is 0 Å². The zero-order valence-corrected chi connectivity index (χ0v) is 12.5. The molecule has 0 amide bonds. The molecule has 1 fully saturated rings. The molecule has 0 unspecified atom stereocenters. The second kappa shape index (κ2) is 5.42. The Morgan fingerprint density at radius 3 is 2.52 bits per heavy atom. The molecule has 2 heterocycles. The van der Waals surface area contributed by atoms with Crippen molar-refractivity contribution < 1.29 is 13.2 Å². The monoisotopic (exact) mass is 360 g/mol. The molecule has 0 bridgehead atoms. The standard InChI is InChI=1S/C13H12BrF3N4/c14-8-1-2-10-9(7-8)11(21-5-3-18-4-6-21)20-12(19-10)13(15,16)17/h1-2,7,18H,3-6H2. The number of benzene rings is 1. The summed E-state index contributed by atoms with van der Waals surface area (Å²) < 4.78 is 39.7. The Kier molecular flexibility index (Phi) is 3.75. The van der Waals surface area contributed by atoms with Crippen molar-refractivity contribution in [3.05, 3.63) is 28.5 Å². The Bertz CT molecular complexity index is 668. The van der Waals surface area contributed by atoms with E-state index in [1.54, 1.807) is 18.2 Å². The molecule has 0 aliphatic carbocycles. The summed E-state index contributed by atoms with van der Waals surface area (Å²) in [5.41, 5.74) is 0.300. The smallest absolute Gasteiger partial charge is 0.353 e. The van der Waals surface area contributed by atoms with Crippen molar-refractivity contribution in [1.29, 1.82) is 0 Å². The summed E-state index contributed by atoms with van der Waals surface area (Å²) in [6, 6.07) is 5.01. The number of nitrogens with one attached hydrogen (secondary N) is 1. The first-order valence-corrected chi connectivity index (χ1v) is 7.24. The molecule has 0 saturated carbocycles. The normalized spacial score (nSPS) is 16.5. The number of halogens is 4. The summed E-state index contributed by atoms with van der Waals surface area (Å²) in [5, 5.41) is 3.80. The van der Waals surface area contributed by atoms with Crippen LogP contribution in [0.15, 0.2) is 22.7 Å². The maximum Gasteiger partial charge on any atom is 0.451 e. The van der Waals surface area contributed by atoms with Crippen molar-refractivity contribution in [2.75, 3.05) is 31.1 Å². The Morgan fingerprint density at radius 1 is 1.14 bits per heavy atom. The molecule has 1 aliphatic heterocycles. The van der Waals surface area contributed by atoms with Gasteiger partial charge in [-0.3, -0.25) is 0 Å². The molecule has 0 radical (unpaired) electrons. The van der Waals surface area contributed by atoms with Gasteiger partial charge in [-0.2, -0.15) is 13.2 Å². The minimum atomic E-state index is -4.55. The number of rotatable bonds is 1. The largest absolute Gasteiger partial charge is 0.451 e. The lowest BCUT2D eigenvalue weighted by Gasteiger charge is -2.29. The Hall–Kier alpha value is -1.41. The summed E-state index contributed by atoms with van der Waals surface area (Å²) in [4.78, 5) is 9.29. The van der Waals surface area contributed by atoms with E-state index in [4.69, 9.17) is 0 Å². The zero-order valence-electron chi connectivity index (χ0n) is 10.9. The van der Waals surface area contributed by atoms with Gasteiger partial charge in [0.1, 0.15) is 5.82 Å². The number of anilines is 1. The summed E-state index contributed by atoms with van der Waals surface area (Å²) in [6.07, 6.45) is -4.55. The van der Waals surface area contributed by atoms with E-state index in [0.717, 1.165) is 17.6 Å². The van der Waals surface area contributed by atoms with Gasteiger partial charge in [0.05, 0.1) is 5.52 Å². The molecule has 8 heteroatoms. The molecule has 1 N–H and O–H groups in total. The summed E-state index contributed by atoms with van der Waals surface area (Å²) in [5.74, 6) is -0.749. The predicted octanol–water partition coefficient (Wildman–Crippen LogP) is 2.82. The molecule has 1 saturated heterocycles. The van der Waals surface area contributed by atoms with E-state index in [9.17, 15) is 13.2 Å². The number of aromatic nitrogens is 2. The maximum atomic E-state index is 13.0. The molecule has 21 heavy (non-hydrogen) atoms. The molecule has 1 aromatic carbocycles. The minimum absolute atomic E-state index is 0.300. The van der Waals surface area contributed by atoms with Gasteiger partial charge < -0.3 is 10.2 Å². The third kappa shape index (κ3) is 2.96. The molecule has 2 aromatic rings. The topological polar surface area (TPSA) is 41.1 Å². The number of fused-ring (bicyclic) bond motifs is 1. The van der Waals surface area contributed by atoms with E-state index in [2.05, 4.69) is 31.2 Å². The second-order valence-corrected chi connectivity index (χ2v) is 5.68. The highest BCUT2D eigenvalue weighted by Gasteiger charge is 2.36. The van der Waals surface area contributed by atoms with Crippen molar-refractivity contribution in [3.8, 4) is 0 Å². The van der Waals surface area contributed by atoms with E-state index in [0.29, 0.717) is 29.8 Å². The Balaban J connectivity index is 2.20. The zero-order chi connectivity index (χ0) is 15.0. The van der Waals surface area contributed by atoms with E-state index < -0.39 is 12.0 Å². The highest BCUT2D eigenvalue weighted by molar-refractivity contribution is 9.10. The second-order valence-electron chi connectivity index (χ2n) is 4.77. The molecule has 1 aromatic heterocycles. The van der Waals surface area contributed by atoms with Gasteiger partial charge in [0.2, 0.25) is 5.82 Å². The van der Waals surface area contributed by atoms with Crippen LogP contribution in [-0.2, 0) is 6.18 Å². The van der Waals surface area contributed by atoms with E-state index >= 15 is 0 Å². The van der Waals surface area contributed by atoms with Crippen molar-refractivity contribution in [1.82, 2.24) is 15.3 Å². The van der Waals surface area contributed by atoms with Crippen molar-refractivity contribution in [3.63, 3.8) is 0 Å². The van der Waals surface area contributed by atoms with Gasteiger partial charge in [-0.05, 0) is 18.2 Å². The van der Waals surface area contributed by atoms with Crippen molar-refractivity contribution in [2.24, 2.45) is 0 Å². The SMILES string of the molecule is FC(F)(F)c1nc(N2CCNCC2)c2cc(Br)ccc2n1. The minimum Gasteiger partial charge on any atom is -0.353 e. The average molecular weight is 361 g/mol. The third-order valence-electron chi connectivity index (χ3n) is 3.31. The number of hydrogen-bond donors (Lipinski definition) is 1. The van der Waals surface area contributed by atoms with Crippen LogP contribution in [0.25, 0.3) is 10.9 Å². The van der Waals surface area contributed by atoms with Crippen LogP contribution in [0.3, 0.4) is 0 Å². The maximum absolute atomic E-state index is 13.0. The van der Waals surface area contributed by atoms with Crippen molar-refractivity contribution in [2.45, 2.75) is 6.18 Å². The molecule has 3 rings (SSSR count). The van der Waals surface area contributed by atoms with Gasteiger partial charge in [-0.25, -0.2) is 9.97 Å². The fraction of sp³-hybridized carbons (Fsp3) is 0.385. The quantitative estimate of drug-likeness (QED) is 0.848. The van der Waals surface area contributed by atoms with Crippen molar-refractivity contribution >= 4 is 32.7 Å². The molecule has 0 atom stereocenters. The van der Waals surface area contributed by atoms with Crippen LogP contribution < -0.4 is 10.2 Å². The van der Waals surface area contributed by atoms with Gasteiger partial charge in [-0.15, -0.1) is 0 Å². The average Bonchev–Trinajstić information content (AvgIpc) is 2.46. The van der Waals surface area contributed by atoms with Crippen LogP contribution >= 0.6 is 15.9 Å². The highest BCUT2D eigenvalue weighted by atomic mass is 79.9. The molecule has 1 aliphatic rings. The van der Waals surface area contributed by atoms with Gasteiger partial charge in [0, 0.05) is 36.0 Å². The van der Waals surface area contributed by atoms with E-state index in [1.165, 1.54) is 0 Å². The molecule has 4 nitrogen and oxygen atoms in total. The molecular formula is C13H12BrF3N4. The number of hydrogen-bond acceptors (Lipinski definition) is 4. The Labute approximate surface area is 127 Å². The highest BCUT2D eigenvalue weighted by Crippen LogP contribution is 2.33. The van der Waals surface area contributed by atoms with Crippen LogP contribution in [0.1, 0.15) is 5.82 Å². The molecule has 112 valence electrons. The summed E-state index contributed by atoms with van der Waals surface area (Å²) in [6.45, 7) is 2.69. The molecular weight excluding hydrogens is 349 g/mol. The number of piperazine rings is 1. The fourth-order valence-electron chi connectivity index (χ4n) is 2.33. The van der Waals surface area contributed by atoms with E-state index in [1.807, 2.05) is 4.90 Å². The first-order chi connectivity index (χ1) is 9.95. The number of nitrogens with zero attached hydrogens (tertiary/aromatic N) is 3. The van der Waals surface area contributed by atoms with Crippen LogP contribution in [0.4, 0.5) is 19.0 Å². The summed E-state index contributed by atoms with van der Waals surface area (Å²) >= 11 is 3.34. The lowest BCUT2D eigenvalue weighted by molar-refractivity contribution is -0.144. The van der Waals surface area contributed by atoms with Gasteiger partial charge in [0.15, 0.2) is 0 Å². The third-order valence-corrected chi connectivity index (χ3v) is 3.80. The summed E-state index contributed by atoms with van der Waals surface area (Å²) in [7, 11) is 0.